The lowest BCUT2D eigenvalue weighted by Gasteiger charge is -2.17. The van der Waals surface area contributed by atoms with E-state index >= 15 is 0 Å². The fourth-order valence-corrected chi connectivity index (χ4v) is 4.67. The topological polar surface area (TPSA) is 88.4 Å². The van der Waals surface area contributed by atoms with Crippen LogP contribution in [-0.4, -0.2) is 25.6 Å². The Morgan fingerprint density at radius 1 is 1.39 bits per heavy atom. The quantitative estimate of drug-likeness (QED) is 0.750. The van der Waals surface area contributed by atoms with Crippen molar-refractivity contribution in [2.24, 2.45) is 5.92 Å². The van der Waals surface area contributed by atoms with Crippen molar-refractivity contribution in [2.75, 3.05) is 19.0 Å². The minimum absolute atomic E-state index is 0.362. The van der Waals surface area contributed by atoms with Crippen molar-refractivity contribution in [3.05, 3.63) is 51.4 Å². The molecule has 146 valence electrons. The molecular formula is C21H22N2O4S. The number of nitrogens with zero attached hydrogens (tertiary/aromatic N) is 1. The molecular weight excluding hydrogens is 376 g/mol. The lowest BCUT2D eigenvalue weighted by atomic mass is 9.89. The van der Waals surface area contributed by atoms with Crippen LogP contribution in [0.4, 0.5) is 5.00 Å². The number of benzene rings is 1. The van der Waals surface area contributed by atoms with Gasteiger partial charge in [-0.2, -0.15) is 5.26 Å². The molecule has 6 nitrogen and oxygen atoms in total. The van der Waals surface area contributed by atoms with E-state index in [9.17, 15) is 14.9 Å². The molecule has 28 heavy (non-hydrogen) atoms. The van der Waals surface area contributed by atoms with E-state index in [1.165, 1.54) is 11.3 Å². The third kappa shape index (κ3) is 4.58. The van der Waals surface area contributed by atoms with Gasteiger partial charge in [0.2, 0.25) is 0 Å². The van der Waals surface area contributed by atoms with Gasteiger partial charge in [-0.05, 0) is 48.4 Å². The molecule has 0 radical (unpaired) electrons. The van der Waals surface area contributed by atoms with Crippen molar-refractivity contribution in [1.29, 1.82) is 5.26 Å². The second kappa shape index (κ2) is 9.00. The lowest BCUT2D eigenvalue weighted by molar-refractivity contribution is -0.119. The molecule has 0 spiro atoms. The highest BCUT2D eigenvalue weighted by atomic mass is 32.1. The monoisotopic (exact) mass is 398 g/mol. The number of hydrogen-bond acceptors (Lipinski definition) is 6. The molecule has 1 atom stereocenters. The summed E-state index contributed by atoms with van der Waals surface area (Å²) in [4.78, 5) is 25.6. The molecule has 7 heteroatoms. The fraction of sp³-hybridized carbons (Fsp3) is 0.381. The van der Waals surface area contributed by atoms with Crippen LogP contribution in [0.25, 0.3) is 0 Å². The molecule has 0 saturated heterocycles. The number of ether oxygens (including phenoxy) is 2. The molecule has 1 aromatic carbocycles. The molecule has 1 aliphatic carbocycles. The van der Waals surface area contributed by atoms with Crippen molar-refractivity contribution in [2.45, 2.75) is 32.8 Å². The number of esters is 1. The number of carbonyl (C=O) groups is 2. The maximum atomic E-state index is 12.3. The summed E-state index contributed by atoms with van der Waals surface area (Å²) in [6.45, 7) is 2.17. The highest BCUT2D eigenvalue weighted by Gasteiger charge is 2.24. The highest BCUT2D eigenvalue weighted by molar-refractivity contribution is 7.16. The van der Waals surface area contributed by atoms with Gasteiger partial charge in [-0.15, -0.1) is 11.3 Å². The number of amides is 1. The first-order valence-electron chi connectivity index (χ1n) is 9.11. The number of thiophene rings is 1. The molecule has 1 amide bonds. The Morgan fingerprint density at radius 3 is 2.96 bits per heavy atom. The van der Waals surface area contributed by atoms with Gasteiger partial charge in [0.1, 0.15) is 11.1 Å². The normalized spacial score (nSPS) is 15.4. The molecule has 3 rings (SSSR count). The number of carbonyl (C=O) groups excluding carboxylic acids is 2. The number of fused-ring (bicyclic) bond motifs is 1. The molecule has 2 aromatic rings. The molecule has 0 bridgehead atoms. The van der Waals surface area contributed by atoms with E-state index in [1.54, 1.807) is 25.3 Å². The van der Waals surface area contributed by atoms with E-state index in [0.29, 0.717) is 28.7 Å². The Balaban J connectivity index is 1.61. The molecule has 1 aromatic heterocycles. The Kier molecular flexibility index (Phi) is 6.45. The van der Waals surface area contributed by atoms with E-state index in [0.717, 1.165) is 35.3 Å². The van der Waals surface area contributed by atoms with Gasteiger partial charge >= 0.3 is 5.97 Å². The smallest absolute Gasteiger partial charge is 0.338 e. The molecule has 1 heterocycles. The highest BCUT2D eigenvalue weighted by Crippen LogP contribution is 2.39. The van der Waals surface area contributed by atoms with Gasteiger partial charge in [0.15, 0.2) is 6.61 Å². The largest absolute Gasteiger partial charge is 0.452 e. The van der Waals surface area contributed by atoms with Crippen LogP contribution in [0.5, 0.6) is 0 Å². The third-order valence-corrected chi connectivity index (χ3v) is 5.85. The van der Waals surface area contributed by atoms with E-state index < -0.39 is 18.5 Å². The first-order valence-corrected chi connectivity index (χ1v) is 9.93. The first-order chi connectivity index (χ1) is 13.5. The van der Waals surface area contributed by atoms with E-state index in [2.05, 4.69) is 18.3 Å². The van der Waals surface area contributed by atoms with Gasteiger partial charge in [-0.1, -0.05) is 19.1 Å². The maximum absolute atomic E-state index is 12.3. The third-order valence-electron chi connectivity index (χ3n) is 4.68. The van der Waals surface area contributed by atoms with Crippen molar-refractivity contribution < 1.29 is 19.1 Å². The number of anilines is 1. The Bertz CT molecular complexity index is 929. The number of nitrogens with one attached hydrogen (secondary N) is 1. The number of nitriles is 1. The predicted molar refractivity (Wildman–Crippen MR) is 106 cm³/mol. The Labute approximate surface area is 168 Å². The second-order valence-electron chi connectivity index (χ2n) is 6.93. The maximum Gasteiger partial charge on any atom is 0.338 e. The Morgan fingerprint density at radius 2 is 2.21 bits per heavy atom. The van der Waals surface area contributed by atoms with Crippen LogP contribution in [0.15, 0.2) is 24.3 Å². The number of hydrogen-bond donors (Lipinski definition) is 1. The zero-order valence-electron chi connectivity index (χ0n) is 15.9. The van der Waals surface area contributed by atoms with Crippen molar-refractivity contribution in [3.63, 3.8) is 0 Å². The average molecular weight is 398 g/mol. The fourth-order valence-electron chi connectivity index (χ4n) is 3.29. The lowest BCUT2D eigenvalue weighted by Crippen LogP contribution is -2.21. The summed E-state index contributed by atoms with van der Waals surface area (Å²) in [6, 6.07) is 9.09. The van der Waals surface area contributed by atoms with Gasteiger partial charge in [-0.3, -0.25) is 4.79 Å². The molecule has 0 saturated carbocycles. The zero-order chi connectivity index (χ0) is 20.1. The van der Waals surface area contributed by atoms with Gasteiger partial charge in [0.25, 0.3) is 5.91 Å². The van der Waals surface area contributed by atoms with Crippen LogP contribution in [0.2, 0.25) is 0 Å². The van der Waals surface area contributed by atoms with Crippen LogP contribution in [0.3, 0.4) is 0 Å². The van der Waals surface area contributed by atoms with Gasteiger partial charge in [0.05, 0.1) is 17.7 Å². The minimum Gasteiger partial charge on any atom is -0.452 e. The zero-order valence-corrected chi connectivity index (χ0v) is 16.7. The van der Waals surface area contributed by atoms with Crippen LogP contribution in [0, 0.1) is 17.2 Å². The standard InChI is InChI=1S/C21H22N2O4S/c1-13-6-7-16-17(10-22)20(28-18(16)8-13)23-19(24)12-27-21(25)15-5-3-4-14(9-15)11-26-2/h3-5,9,13H,6-8,11-12H2,1-2H3,(H,23,24)/t13-/m0/s1. The van der Waals surface area contributed by atoms with Crippen LogP contribution in [-0.2, 0) is 33.7 Å². The van der Waals surface area contributed by atoms with Crippen molar-refractivity contribution in [1.82, 2.24) is 0 Å². The molecule has 0 unspecified atom stereocenters. The van der Waals surface area contributed by atoms with Crippen LogP contribution in [0.1, 0.15) is 45.3 Å². The molecule has 1 aliphatic rings. The van der Waals surface area contributed by atoms with Crippen molar-refractivity contribution >= 4 is 28.2 Å². The molecule has 1 N–H and O–H groups in total. The molecule has 0 fully saturated rings. The van der Waals surface area contributed by atoms with Gasteiger partial charge in [-0.25, -0.2) is 4.79 Å². The van der Waals surface area contributed by atoms with E-state index in [1.807, 2.05) is 6.07 Å². The first kappa shape index (κ1) is 20.1. The van der Waals surface area contributed by atoms with Crippen LogP contribution >= 0.6 is 11.3 Å². The minimum atomic E-state index is -0.576. The van der Waals surface area contributed by atoms with E-state index in [4.69, 9.17) is 9.47 Å². The number of methoxy groups -OCH3 is 1. The SMILES string of the molecule is COCc1cccc(C(=O)OCC(=O)Nc2sc3c(c2C#N)CC[C@H](C)C3)c1. The summed E-state index contributed by atoms with van der Waals surface area (Å²) in [7, 11) is 1.58. The second-order valence-corrected chi connectivity index (χ2v) is 8.03. The summed E-state index contributed by atoms with van der Waals surface area (Å²) >= 11 is 1.45. The summed E-state index contributed by atoms with van der Waals surface area (Å²) in [5, 5.41) is 12.8. The predicted octanol–water partition coefficient (Wildman–Crippen LogP) is 3.69. The molecule has 0 aliphatic heterocycles. The number of rotatable bonds is 6. The van der Waals surface area contributed by atoms with E-state index in [-0.39, 0.29) is 0 Å². The van der Waals surface area contributed by atoms with Gasteiger partial charge in [0, 0.05) is 12.0 Å². The van der Waals surface area contributed by atoms with Crippen molar-refractivity contribution in [3.8, 4) is 6.07 Å². The summed E-state index contributed by atoms with van der Waals surface area (Å²) in [5.41, 5.74) is 2.80. The Hall–Kier alpha value is -2.69. The summed E-state index contributed by atoms with van der Waals surface area (Å²) < 4.78 is 10.2. The average Bonchev–Trinajstić information content (AvgIpc) is 3.02. The van der Waals surface area contributed by atoms with Gasteiger partial charge < -0.3 is 14.8 Å². The summed E-state index contributed by atoms with van der Waals surface area (Å²) in [6.07, 6.45) is 2.83. The van der Waals surface area contributed by atoms with Crippen LogP contribution < -0.4 is 5.32 Å². The summed E-state index contributed by atoms with van der Waals surface area (Å²) in [5.74, 6) is -0.450.